The molecule has 6 nitrogen and oxygen atoms in total. The van der Waals surface area contributed by atoms with Crippen LogP contribution in [0.25, 0.3) is 5.53 Å². The fourth-order valence-corrected chi connectivity index (χ4v) is 1.56. The van der Waals surface area contributed by atoms with E-state index in [1.807, 2.05) is 0 Å². The summed E-state index contributed by atoms with van der Waals surface area (Å²) in [5, 5.41) is 4.47. The van der Waals surface area contributed by atoms with Gasteiger partial charge in [-0.25, -0.2) is 4.79 Å². The smallest absolute Gasteiger partial charge is 0.424 e. The third-order valence-electron chi connectivity index (χ3n) is 2.41. The predicted octanol–water partition coefficient (Wildman–Crippen LogP) is 2.51. The maximum atomic E-state index is 11.6. The Morgan fingerprint density at radius 2 is 2.00 bits per heavy atom. The molecular weight excluding hydrogens is 294 g/mol. The highest BCUT2D eigenvalue weighted by Gasteiger charge is 2.29. The topological polar surface area (TPSA) is 84.3 Å². The van der Waals surface area contributed by atoms with Gasteiger partial charge < -0.3 is 15.1 Å². The summed E-state index contributed by atoms with van der Waals surface area (Å²) in [5.74, 6) is -0.794. The number of nitrogens with zero attached hydrogens (tertiary/aromatic N) is 3. The first kappa shape index (κ1) is 16.9. The molecule has 0 unspecified atom stereocenters. The Kier molecular flexibility index (Phi) is 6.59. The molecule has 0 aliphatic rings. The van der Waals surface area contributed by atoms with Crippen molar-refractivity contribution >= 4 is 29.0 Å². The Morgan fingerprint density at radius 1 is 1.38 bits per heavy atom. The number of halogens is 1. The van der Waals surface area contributed by atoms with Crippen LogP contribution < -0.4 is 0 Å². The first-order valence-electron chi connectivity index (χ1n) is 6.25. The molecule has 0 atom stereocenters. The van der Waals surface area contributed by atoms with Gasteiger partial charge in [0.1, 0.15) is 6.10 Å². The summed E-state index contributed by atoms with van der Waals surface area (Å²) in [7, 11) is 1.19. The van der Waals surface area contributed by atoms with Gasteiger partial charge in [0.05, 0.1) is 7.11 Å². The zero-order valence-corrected chi connectivity index (χ0v) is 12.8. The molecule has 0 bridgehead atoms. The first-order valence-corrected chi connectivity index (χ1v) is 6.63. The Morgan fingerprint density at radius 3 is 2.48 bits per heavy atom. The minimum absolute atomic E-state index is 0.167. The maximum Gasteiger partial charge on any atom is 0.424 e. The van der Waals surface area contributed by atoms with Gasteiger partial charge in [0.25, 0.3) is 0 Å². The molecule has 0 radical (unpaired) electrons. The lowest BCUT2D eigenvalue weighted by atomic mass is 10.1. The summed E-state index contributed by atoms with van der Waals surface area (Å²) < 4.78 is 4.56. The SMILES string of the molecule is COC(=O)C(=[N+]=[N-])/C(Cc1ccc(Cl)cc1)=N\OC(C)C. The average molecular weight is 310 g/mol. The lowest BCUT2D eigenvalue weighted by molar-refractivity contribution is -0.136. The number of carbonyl (C=O) groups excluding carboxylic acids is 1. The summed E-state index contributed by atoms with van der Waals surface area (Å²) in [4.78, 5) is 19.7. The number of carbonyl (C=O) groups is 1. The molecule has 0 fully saturated rings. The molecule has 1 aromatic carbocycles. The van der Waals surface area contributed by atoms with Gasteiger partial charge in [-0.15, -0.1) is 0 Å². The number of rotatable bonds is 6. The van der Waals surface area contributed by atoms with Gasteiger partial charge in [-0.2, -0.15) is 4.79 Å². The van der Waals surface area contributed by atoms with Crippen LogP contribution in [-0.4, -0.2) is 35.4 Å². The second kappa shape index (κ2) is 8.19. The molecule has 0 amide bonds. The summed E-state index contributed by atoms with van der Waals surface area (Å²) in [6.45, 7) is 3.58. The molecule has 1 aromatic rings. The number of ether oxygens (including phenoxy) is 1. The van der Waals surface area contributed by atoms with Crippen LogP contribution in [-0.2, 0) is 20.8 Å². The quantitative estimate of drug-likeness (QED) is 0.266. The maximum absolute atomic E-state index is 11.6. The van der Waals surface area contributed by atoms with E-state index in [1.54, 1.807) is 38.1 Å². The molecule has 0 heterocycles. The van der Waals surface area contributed by atoms with Crippen LogP contribution in [0.2, 0.25) is 5.02 Å². The minimum Gasteiger partial charge on any atom is -0.460 e. The molecule has 0 aliphatic heterocycles. The normalized spacial score (nSPS) is 11.0. The highest BCUT2D eigenvalue weighted by Crippen LogP contribution is 2.11. The van der Waals surface area contributed by atoms with Crippen LogP contribution in [0, 0.1) is 0 Å². The van der Waals surface area contributed by atoms with E-state index in [-0.39, 0.29) is 23.9 Å². The number of esters is 1. The third kappa shape index (κ3) is 5.38. The minimum atomic E-state index is -0.794. The van der Waals surface area contributed by atoms with Crippen LogP contribution in [0.4, 0.5) is 0 Å². The number of benzene rings is 1. The van der Waals surface area contributed by atoms with Crippen molar-refractivity contribution < 1.29 is 19.2 Å². The second-order valence-electron chi connectivity index (χ2n) is 4.44. The predicted molar refractivity (Wildman–Crippen MR) is 79.5 cm³/mol. The summed E-state index contributed by atoms with van der Waals surface area (Å²) in [6, 6.07) is 6.98. The zero-order valence-electron chi connectivity index (χ0n) is 12.0. The summed E-state index contributed by atoms with van der Waals surface area (Å²) in [5.41, 5.74) is 9.71. The van der Waals surface area contributed by atoms with Crippen LogP contribution >= 0.6 is 11.6 Å². The van der Waals surface area contributed by atoms with Crippen molar-refractivity contribution in [3.8, 4) is 0 Å². The van der Waals surface area contributed by atoms with E-state index in [1.165, 1.54) is 7.11 Å². The molecule has 1 rings (SSSR count). The van der Waals surface area contributed by atoms with Crippen LogP contribution in [0.3, 0.4) is 0 Å². The molecule has 0 spiro atoms. The number of hydrogen-bond donors (Lipinski definition) is 0. The van der Waals surface area contributed by atoms with E-state index >= 15 is 0 Å². The van der Waals surface area contributed by atoms with Crippen molar-refractivity contribution in [1.82, 2.24) is 0 Å². The molecule has 112 valence electrons. The van der Waals surface area contributed by atoms with Gasteiger partial charge in [0.15, 0.2) is 5.71 Å². The summed E-state index contributed by atoms with van der Waals surface area (Å²) in [6.07, 6.45) is 0.0566. The number of methoxy groups -OCH3 is 1. The van der Waals surface area contributed by atoms with Crippen molar-refractivity contribution in [3.63, 3.8) is 0 Å². The molecule has 0 aliphatic carbocycles. The van der Waals surface area contributed by atoms with Crippen LogP contribution in [0.15, 0.2) is 29.4 Å². The molecular formula is C14H16ClN3O3. The largest absolute Gasteiger partial charge is 0.460 e. The van der Waals surface area contributed by atoms with Gasteiger partial charge in [0, 0.05) is 11.4 Å². The Balaban J connectivity index is 3.07. The molecule has 7 heteroatoms. The second-order valence-corrected chi connectivity index (χ2v) is 4.87. The van der Waals surface area contributed by atoms with E-state index < -0.39 is 5.97 Å². The van der Waals surface area contributed by atoms with Crippen molar-refractivity contribution in [3.05, 3.63) is 40.4 Å². The van der Waals surface area contributed by atoms with Gasteiger partial charge in [0.2, 0.25) is 0 Å². The molecule has 0 saturated carbocycles. The van der Waals surface area contributed by atoms with E-state index in [0.29, 0.717) is 5.02 Å². The van der Waals surface area contributed by atoms with Gasteiger partial charge >= 0.3 is 11.7 Å². The third-order valence-corrected chi connectivity index (χ3v) is 2.66. The molecule has 0 saturated heterocycles. The molecule has 21 heavy (non-hydrogen) atoms. The van der Waals surface area contributed by atoms with E-state index in [2.05, 4.69) is 14.7 Å². The van der Waals surface area contributed by atoms with Crippen LogP contribution in [0.5, 0.6) is 0 Å². The van der Waals surface area contributed by atoms with Crippen LogP contribution in [0.1, 0.15) is 19.4 Å². The average Bonchev–Trinajstić information content (AvgIpc) is 2.47. The number of oxime groups is 1. The summed E-state index contributed by atoms with van der Waals surface area (Å²) >= 11 is 5.82. The Bertz CT molecular complexity index is 576. The lowest BCUT2D eigenvalue weighted by Crippen LogP contribution is -2.28. The van der Waals surface area contributed by atoms with Gasteiger partial charge in [-0.3, -0.25) is 0 Å². The van der Waals surface area contributed by atoms with E-state index in [0.717, 1.165) is 5.56 Å². The zero-order chi connectivity index (χ0) is 15.8. The highest BCUT2D eigenvalue weighted by molar-refractivity contribution is 6.63. The van der Waals surface area contributed by atoms with Gasteiger partial charge in [-0.05, 0) is 31.5 Å². The first-order chi connectivity index (χ1) is 9.97. The Hall–Kier alpha value is -2.17. The van der Waals surface area contributed by atoms with Crippen molar-refractivity contribution in [2.75, 3.05) is 7.11 Å². The molecule has 0 N–H and O–H groups in total. The van der Waals surface area contributed by atoms with Gasteiger partial charge in [-0.1, -0.05) is 28.9 Å². The standard InChI is InChI=1S/C14H16ClN3O3/c1-9(2)21-18-12(13(17-16)14(19)20-3)8-10-4-6-11(15)7-5-10/h4-7,9H,8H2,1-3H3/b18-12-. The van der Waals surface area contributed by atoms with E-state index in [9.17, 15) is 4.79 Å². The monoisotopic (exact) mass is 309 g/mol. The lowest BCUT2D eigenvalue weighted by Gasteiger charge is -2.05. The fourth-order valence-electron chi connectivity index (χ4n) is 1.44. The molecule has 0 aromatic heterocycles. The fraction of sp³-hybridized carbons (Fsp3) is 0.357. The highest BCUT2D eigenvalue weighted by atomic mass is 35.5. The van der Waals surface area contributed by atoms with Crippen molar-refractivity contribution in [2.24, 2.45) is 5.16 Å². The van der Waals surface area contributed by atoms with Crippen molar-refractivity contribution in [1.29, 1.82) is 0 Å². The van der Waals surface area contributed by atoms with E-state index in [4.69, 9.17) is 22.0 Å². The number of hydrogen-bond acceptors (Lipinski definition) is 4. The van der Waals surface area contributed by atoms with Crippen molar-refractivity contribution in [2.45, 2.75) is 26.4 Å². The Labute approximate surface area is 127 Å².